The van der Waals surface area contributed by atoms with E-state index in [1.165, 1.54) is 21.9 Å². The second kappa shape index (κ2) is 4.64. The Morgan fingerprint density at radius 1 is 1.50 bits per heavy atom. The third-order valence-corrected chi connectivity index (χ3v) is 2.94. The van der Waals surface area contributed by atoms with Crippen molar-refractivity contribution in [2.45, 2.75) is 6.42 Å². The Morgan fingerprint density at radius 2 is 2.22 bits per heavy atom. The molecule has 2 rings (SSSR count). The van der Waals surface area contributed by atoms with E-state index in [1.807, 2.05) is 0 Å². The monoisotopic (exact) mass is 252 g/mol. The molecular formula is C12H13FN2O3. The molecule has 0 unspecified atom stereocenters. The highest BCUT2D eigenvalue weighted by Gasteiger charge is 2.27. The molecule has 1 aromatic rings. The van der Waals surface area contributed by atoms with Crippen LogP contribution in [0.25, 0.3) is 0 Å². The highest BCUT2D eigenvalue weighted by molar-refractivity contribution is 5.98. The molecule has 5 nitrogen and oxygen atoms in total. The number of para-hydroxylation sites is 1. The van der Waals surface area contributed by atoms with E-state index in [9.17, 15) is 14.0 Å². The molecule has 1 aliphatic rings. The van der Waals surface area contributed by atoms with Crippen molar-refractivity contribution in [2.75, 3.05) is 29.9 Å². The zero-order chi connectivity index (χ0) is 13.3. The lowest BCUT2D eigenvalue weighted by atomic mass is 10.2. The molecule has 0 saturated carbocycles. The number of nitrogens with zero attached hydrogens (tertiary/aromatic N) is 2. The summed E-state index contributed by atoms with van der Waals surface area (Å²) in [4.78, 5) is 25.3. The second-order valence-corrected chi connectivity index (χ2v) is 4.13. The number of amides is 1. The number of carbonyl (C=O) groups is 2. The molecule has 0 radical (unpaired) electrons. The minimum Gasteiger partial charge on any atom is -0.480 e. The van der Waals surface area contributed by atoms with Crippen LogP contribution in [0.4, 0.5) is 15.8 Å². The van der Waals surface area contributed by atoms with Gasteiger partial charge in [-0.25, -0.2) is 4.39 Å². The van der Waals surface area contributed by atoms with Crippen molar-refractivity contribution < 1.29 is 19.1 Å². The number of anilines is 2. The summed E-state index contributed by atoms with van der Waals surface area (Å²) in [7, 11) is 1.56. The number of carbonyl (C=O) groups excluding carboxylic acids is 1. The normalized spacial score (nSPS) is 15.3. The summed E-state index contributed by atoms with van der Waals surface area (Å²) in [5.74, 6) is -1.73. The molecule has 0 spiro atoms. The number of aliphatic carboxylic acids is 1. The fourth-order valence-electron chi connectivity index (χ4n) is 2.05. The number of carboxylic acid groups (broad SMARTS) is 1. The van der Waals surface area contributed by atoms with Gasteiger partial charge in [0.2, 0.25) is 5.91 Å². The van der Waals surface area contributed by atoms with Crippen LogP contribution in [0.3, 0.4) is 0 Å². The minimum atomic E-state index is -1.05. The molecule has 96 valence electrons. The van der Waals surface area contributed by atoms with Gasteiger partial charge in [0, 0.05) is 20.0 Å². The van der Waals surface area contributed by atoms with Gasteiger partial charge in [0.05, 0.1) is 11.4 Å². The van der Waals surface area contributed by atoms with Crippen LogP contribution in [0, 0.1) is 5.82 Å². The Kier molecular flexibility index (Phi) is 3.18. The van der Waals surface area contributed by atoms with Crippen molar-refractivity contribution in [3.8, 4) is 0 Å². The smallest absolute Gasteiger partial charge is 0.323 e. The van der Waals surface area contributed by atoms with Gasteiger partial charge in [0.25, 0.3) is 0 Å². The van der Waals surface area contributed by atoms with E-state index in [1.54, 1.807) is 13.1 Å². The van der Waals surface area contributed by atoms with Gasteiger partial charge in [-0.15, -0.1) is 0 Å². The summed E-state index contributed by atoms with van der Waals surface area (Å²) in [5.41, 5.74) is 0.576. The topological polar surface area (TPSA) is 60.9 Å². The van der Waals surface area contributed by atoms with Gasteiger partial charge in [-0.1, -0.05) is 6.07 Å². The Bertz CT molecular complexity index is 504. The molecule has 0 atom stereocenters. The van der Waals surface area contributed by atoms with Crippen molar-refractivity contribution in [3.63, 3.8) is 0 Å². The lowest BCUT2D eigenvalue weighted by Gasteiger charge is -2.24. The van der Waals surface area contributed by atoms with Crippen molar-refractivity contribution >= 4 is 23.3 Å². The largest absolute Gasteiger partial charge is 0.480 e. The molecule has 0 aromatic heterocycles. The highest BCUT2D eigenvalue weighted by atomic mass is 19.1. The van der Waals surface area contributed by atoms with Crippen molar-refractivity contribution in [2.24, 2.45) is 0 Å². The zero-order valence-corrected chi connectivity index (χ0v) is 9.89. The van der Waals surface area contributed by atoms with Gasteiger partial charge in [-0.05, 0) is 12.1 Å². The number of fused-ring (bicyclic) bond motifs is 1. The van der Waals surface area contributed by atoms with Crippen LogP contribution in [0.5, 0.6) is 0 Å². The number of hydrogen-bond acceptors (Lipinski definition) is 3. The van der Waals surface area contributed by atoms with Gasteiger partial charge in [-0.3, -0.25) is 9.59 Å². The molecule has 0 saturated heterocycles. The highest BCUT2D eigenvalue weighted by Crippen LogP contribution is 2.34. The summed E-state index contributed by atoms with van der Waals surface area (Å²) in [6.07, 6.45) is 0.165. The molecule has 1 N–H and O–H groups in total. The number of halogens is 1. The summed E-state index contributed by atoms with van der Waals surface area (Å²) in [5, 5.41) is 8.84. The molecule has 0 bridgehead atoms. The number of benzene rings is 1. The summed E-state index contributed by atoms with van der Waals surface area (Å²) in [6, 6.07) is 4.37. The summed E-state index contributed by atoms with van der Waals surface area (Å²) < 4.78 is 13.9. The van der Waals surface area contributed by atoms with Crippen LogP contribution >= 0.6 is 0 Å². The van der Waals surface area contributed by atoms with Crippen molar-refractivity contribution in [3.05, 3.63) is 24.0 Å². The first-order valence-electron chi connectivity index (χ1n) is 5.52. The van der Waals surface area contributed by atoms with Gasteiger partial charge >= 0.3 is 5.97 Å². The third kappa shape index (κ3) is 2.13. The summed E-state index contributed by atoms with van der Waals surface area (Å²) >= 11 is 0. The number of carboxylic acids is 1. The van der Waals surface area contributed by atoms with E-state index < -0.39 is 11.8 Å². The van der Waals surface area contributed by atoms with E-state index in [-0.39, 0.29) is 31.1 Å². The van der Waals surface area contributed by atoms with Crippen LogP contribution in [0.15, 0.2) is 18.2 Å². The van der Waals surface area contributed by atoms with Crippen molar-refractivity contribution in [1.29, 1.82) is 0 Å². The maximum atomic E-state index is 13.9. The van der Waals surface area contributed by atoms with E-state index >= 15 is 0 Å². The summed E-state index contributed by atoms with van der Waals surface area (Å²) in [6.45, 7) is -0.127. The maximum Gasteiger partial charge on any atom is 0.323 e. The van der Waals surface area contributed by atoms with Gasteiger partial charge in [0.15, 0.2) is 0 Å². The quantitative estimate of drug-likeness (QED) is 0.855. The first-order valence-corrected chi connectivity index (χ1v) is 5.52. The maximum absolute atomic E-state index is 13.9. The average Bonchev–Trinajstić information content (AvgIpc) is 2.42. The van der Waals surface area contributed by atoms with Crippen LogP contribution in [-0.4, -0.2) is 37.1 Å². The van der Waals surface area contributed by atoms with Crippen LogP contribution in [0.2, 0.25) is 0 Å². The minimum absolute atomic E-state index is 0.158. The van der Waals surface area contributed by atoms with Gasteiger partial charge in [-0.2, -0.15) is 0 Å². The fraction of sp³-hybridized carbons (Fsp3) is 0.333. The lowest BCUT2D eigenvalue weighted by molar-refractivity contribution is -0.135. The van der Waals surface area contributed by atoms with Crippen LogP contribution < -0.4 is 9.80 Å². The number of hydrogen-bond donors (Lipinski definition) is 1. The Hall–Kier alpha value is -2.11. The fourth-order valence-corrected chi connectivity index (χ4v) is 2.05. The predicted molar refractivity (Wildman–Crippen MR) is 64.3 cm³/mol. The van der Waals surface area contributed by atoms with E-state index in [0.29, 0.717) is 5.69 Å². The SMILES string of the molecule is CN1C(=O)CCN(CC(=O)O)c2c(F)cccc21. The van der Waals surface area contributed by atoms with Crippen LogP contribution in [0.1, 0.15) is 6.42 Å². The molecule has 18 heavy (non-hydrogen) atoms. The standard InChI is InChI=1S/C12H13FN2O3/c1-14-9-4-2-3-8(13)12(9)15(7-11(17)18)6-5-10(14)16/h2-4H,5-7H2,1H3,(H,17,18). The molecule has 0 aliphatic carbocycles. The molecule has 1 aliphatic heterocycles. The third-order valence-electron chi connectivity index (χ3n) is 2.94. The Labute approximate surface area is 103 Å². The van der Waals surface area contributed by atoms with Crippen molar-refractivity contribution in [1.82, 2.24) is 0 Å². The molecule has 1 aromatic carbocycles. The second-order valence-electron chi connectivity index (χ2n) is 4.13. The van der Waals surface area contributed by atoms with Gasteiger partial charge in [0.1, 0.15) is 12.4 Å². The molecular weight excluding hydrogens is 239 g/mol. The van der Waals surface area contributed by atoms with E-state index in [0.717, 1.165) is 0 Å². The molecule has 6 heteroatoms. The van der Waals surface area contributed by atoms with E-state index in [4.69, 9.17) is 5.11 Å². The van der Waals surface area contributed by atoms with Crippen LogP contribution in [-0.2, 0) is 9.59 Å². The molecule has 1 heterocycles. The number of rotatable bonds is 2. The molecule has 0 fully saturated rings. The predicted octanol–water partition coefficient (Wildman–Crippen LogP) is 1.08. The average molecular weight is 252 g/mol. The van der Waals surface area contributed by atoms with E-state index in [2.05, 4.69) is 0 Å². The first-order chi connectivity index (χ1) is 8.50. The van der Waals surface area contributed by atoms with Gasteiger partial charge < -0.3 is 14.9 Å². The lowest BCUT2D eigenvalue weighted by Crippen LogP contribution is -2.31. The Balaban J connectivity index is 2.51. The first kappa shape index (κ1) is 12.3. The Morgan fingerprint density at radius 3 is 2.89 bits per heavy atom. The zero-order valence-electron chi connectivity index (χ0n) is 9.89. The molecule has 1 amide bonds.